The average Bonchev–Trinajstić information content (AvgIpc) is 3.04. The number of aliphatic hydroxyl groups is 1. The Morgan fingerprint density at radius 1 is 1.08 bits per heavy atom. The first-order chi connectivity index (χ1) is 11.7. The highest BCUT2D eigenvalue weighted by Crippen LogP contribution is 2.34. The molecule has 0 radical (unpaired) electrons. The Morgan fingerprint density at radius 2 is 1.83 bits per heavy atom. The second kappa shape index (κ2) is 6.63. The zero-order chi connectivity index (χ0) is 16.5. The predicted molar refractivity (Wildman–Crippen MR) is 98.3 cm³/mol. The highest BCUT2D eigenvalue weighted by Gasteiger charge is 2.23. The first-order valence-electron chi connectivity index (χ1n) is 9.39. The van der Waals surface area contributed by atoms with E-state index in [-0.39, 0.29) is 0 Å². The van der Waals surface area contributed by atoms with Gasteiger partial charge in [0.25, 0.3) is 0 Å². The zero-order valence-corrected chi connectivity index (χ0v) is 14.3. The van der Waals surface area contributed by atoms with Crippen LogP contribution in [0.1, 0.15) is 51.0 Å². The third-order valence-corrected chi connectivity index (χ3v) is 5.82. The molecule has 1 aliphatic heterocycles. The SMILES string of the molecule is Nc1cc2cn(C3CCC(CO)CC3)nc2cc1N1CCCCC1. The van der Waals surface area contributed by atoms with Crippen LogP contribution in [0.15, 0.2) is 18.3 Å². The van der Waals surface area contributed by atoms with Crippen LogP contribution < -0.4 is 10.6 Å². The highest BCUT2D eigenvalue weighted by molar-refractivity contribution is 5.89. The van der Waals surface area contributed by atoms with E-state index < -0.39 is 0 Å². The van der Waals surface area contributed by atoms with Crippen molar-refractivity contribution >= 4 is 22.3 Å². The predicted octanol–water partition coefficient (Wildman–Crippen LogP) is 3.33. The Balaban J connectivity index is 1.59. The molecule has 5 heteroatoms. The molecule has 1 aromatic heterocycles. The molecule has 2 aliphatic rings. The van der Waals surface area contributed by atoms with E-state index in [4.69, 9.17) is 10.8 Å². The lowest BCUT2D eigenvalue weighted by atomic mass is 9.87. The molecule has 24 heavy (non-hydrogen) atoms. The maximum Gasteiger partial charge on any atom is 0.0945 e. The Bertz CT molecular complexity index is 697. The number of benzene rings is 1. The van der Waals surface area contributed by atoms with Crippen molar-refractivity contribution in [2.75, 3.05) is 30.3 Å². The molecule has 0 spiro atoms. The fourth-order valence-electron chi connectivity index (χ4n) is 4.29. The van der Waals surface area contributed by atoms with E-state index >= 15 is 0 Å². The second-order valence-electron chi connectivity index (χ2n) is 7.48. The smallest absolute Gasteiger partial charge is 0.0945 e. The molecule has 2 heterocycles. The molecule has 1 aliphatic carbocycles. The molecule has 1 saturated heterocycles. The summed E-state index contributed by atoms with van der Waals surface area (Å²) in [6, 6.07) is 4.72. The highest BCUT2D eigenvalue weighted by atomic mass is 16.3. The molecule has 0 bridgehead atoms. The number of piperidine rings is 1. The molecule has 0 unspecified atom stereocenters. The number of anilines is 2. The minimum Gasteiger partial charge on any atom is -0.397 e. The third-order valence-electron chi connectivity index (χ3n) is 5.82. The number of nitrogen functional groups attached to an aromatic ring is 1. The summed E-state index contributed by atoms with van der Waals surface area (Å²) >= 11 is 0. The number of aliphatic hydroxyl groups excluding tert-OH is 1. The van der Waals surface area contributed by atoms with Crippen molar-refractivity contribution < 1.29 is 5.11 Å². The van der Waals surface area contributed by atoms with Gasteiger partial charge in [0, 0.05) is 31.3 Å². The van der Waals surface area contributed by atoms with Gasteiger partial charge in [-0.25, -0.2) is 0 Å². The van der Waals surface area contributed by atoms with Crippen LogP contribution in [-0.2, 0) is 0 Å². The number of rotatable bonds is 3. The minimum atomic E-state index is 0.323. The standard InChI is InChI=1S/C19H28N4O/c20-17-10-15-12-23(16-6-4-14(13-24)5-7-16)21-18(15)11-19(17)22-8-2-1-3-9-22/h10-12,14,16,24H,1-9,13,20H2. The lowest BCUT2D eigenvalue weighted by Crippen LogP contribution is -2.29. The van der Waals surface area contributed by atoms with Gasteiger partial charge in [0.15, 0.2) is 0 Å². The van der Waals surface area contributed by atoms with Gasteiger partial charge in [0.1, 0.15) is 0 Å². The van der Waals surface area contributed by atoms with Crippen LogP contribution >= 0.6 is 0 Å². The monoisotopic (exact) mass is 328 g/mol. The van der Waals surface area contributed by atoms with E-state index in [1.807, 2.05) is 0 Å². The summed E-state index contributed by atoms with van der Waals surface area (Å²) in [4.78, 5) is 2.41. The molecule has 2 fully saturated rings. The van der Waals surface area contributed by atoms with E-state index in [0.717, 1.165) is 61.1 Å². The number of fused-ring (bicyclic) bond motifs is 1. The second-order valence-corrected chi connectivity index (χ2v) is 7.48. The van der Waals surface area contributed by atoms with Crippen molar-refractivity contribution in [3.05, 3.63) is 18.3 Å². The average molecular weight is 328 g/mol. The van der Waals surface area contributed by atoms with Crippen molar-refractivity contribution in [2.45, 2.75) is 51.0 Å². The summed E-state index contributed by atoms with van der Waals surface area (Å²) in [5.41, 5.74) is 9.40. The van der Waals surface area contributed by atoms with Crippen LogP contribution in [-0.4, -0.2) is 34.6 Å². The van der Waals surface area contributed by atoms with Crippen LogP contribution in [0.25, 0.3) is 10.9 Å². The summed E-state index contributed by atoms with van der Waals surface area (Å²) in [7, 11) is 0. The molecule has 1 saturated carbocycles. The first kappa shape index (κ1) is 15.8. The van der Waals surface area contributed by atoms with Crippen molar-refractivity contribution in [2.24, 2.45) is 5.92 Å². The van der Waals surface area contributed by atoms with Gasteiger partial charge in [-0.15, -0.1) is 0 Å². The summed E-state index contributed by atoms with van der Waals surface area (Å²) < 4.78 is 2.14. The molecule has 0 amide bonds. The van der Waals surface area contributed by atoms with Crippen LogP contribution in [0.5, 0.6) is 0 Å². The summed E-state index contributed by atoms with van der Waals surface area (Å²) in [6.07, 6.45) is 10.4. The van der Waals surface area contributed by atoms with Crippen molar-refractivity contribution in [1.29, 1.82) is 0 Å². The molecular formula is C19H28N4O. The third kappa shape index (κ3) is 2.97. The molecule has 1 aromatic carbocycles. The van der Waals surface area contributed by atoms with Crippen LogP contribution in [0.2, 0.25) is 0 Å². The Hall–Kier alpha value is -1.75. The molecule has 2 aromatic rings. The molecule has 130 valence electrons. The maximum atomic E-state index is 9.31. The maximum absolute atomic E-state index is 9.31. The fraction of sp³-hybridized carbons (Fsp3) is 0.632. The molecule has 0 atom stereocenters. The van der Waals surface area contributed by atoms with Crippen molar-refractivity contribution in [1.82, 2.24) is 9.78 Å². The van der Waals surface area contributed by atoms with E-state index in [0.29, 0.717) is 18.6 Å². The van der Waals surface area contributed by atoms with E-state index in [1.165, 1.54) is 19.3 Å². The number of hydrogen-bond donors (Lipinski definition) is 2. The van der Waals surface area contributed by atoms with Crippen LogP contribution in [0, 0.1) is 5.92 Å². The molecule has 4 rings (SSSR count). The molecular weight excluding hydrogens is 300 g/mol. The largest absolute Gasteiger partial charge is 0.397 e. The Morgan fingerprint density at radius 3 is 2.54 bits per heavy atom. The number of nitrogens with zero attached hydrogens (tertiary/aromatic N) is 3. The molecule has 3 N–H and O–H groups in total. The summed E-state index contributed by atoms with van der Waals surface area (Å²) in [5.74, 6) is 0.479. The van der Waals surface area contributed by atoms with E-state index in [1.54, 1.807) is 0 Å². The van der Waals surface area contributed by atoms with Crippen molar-refractivity contribution in [3.63, 3.8) is 0 Å². The summed E-state index contributed by atoms with van der Waals surface area (Å²) in [5, 5.41) is 15.3. The summed E-state index contributed by atoms with van der Waals surface area (Å²) in [6.45, 7) is 2.52. The number of nitrogens with two attached hydrogens (primary N) is 1. The lowest BCUT2D eigenvalue weighted by Gasteiger charge is -2.29. The minimum absolute atomic E-state index is 0.323. The van der Waals surface area contributed by atoms with Gasteiger partial charge >= 0.3 is 0 Å². The van der Waals surface area contributed by atoms with E-state index in [9.17, 15) is 5.11 Å². The quantitative estimate of drug-likeness (QED) is 0.848. The lowest BCUT2D eigenvalue weighted by molar-refractivity contribution is 0.165. The van der Waals surface area contributed by atoms with Gasteiger partial charge in [-0.05, 0) is 63.0 Å². The Kier molecular flexibility index (Phi) is 4.35. The Labute approximate surface area is 143 Å². The number of aromatic nitrogens is 2. The van der Waals surface area contributed by atoms with Gasteiger partial charge in [-0.2, -0.15) is 5.10 Å². The molecule has 5 nitrogen and oxygen atoms in total. The normalized spacial score (nSPS) is 25.3. The van der Waals surface area contributed by atoms with Crippen LogP contribution in [0.3, 0.4) is 0 Å². The number of hydrogen-bond acceptors (Lipinski definition) is 4. The topological polar surface area (TPSA) is 67.3 Å². The van der Waals surface area contributed by atoms with Gasteiger partial charge in [-0.1, -0.05) is 0 Å². The van der Waals surface area contributed by atoms with Crippen molar-refractivity contribution in [3.8, 4) is 0 Å². The van der Waals surface area contributed by atoms with Gasteiger partial charge in [0.2, 0.25) is 0 Å². The van der Waals surface area contributed by atoms with Gasteiger partial charge < -0.3 is 15.7 Å². The van der Waals surface area contributed by atoms with Crippen LogP contribution in [0.4, 0.5) is 11.4 Å². The first-order valence-corrected chi connectivity index (χ1v) is 9.39. The van der Waals surface area contributed by atoms with Gasteiger partial charge in [0.05, 0.1) is 22.9 Å². The van der Waals surface area contributed by atoms with Gasteiger partial charge in [-0.3, -0.25) is 4.68 Å². The zero-order valence-electron chi connectivity index (χ0n) is 14.3. The fourth-order valence-corrected chi connectivity index (χ4v) is 4.29. The van der Waals surface area contributed by atoms with E-state index in [2.05, 4.69) is 27.9 Å².